The number of cyclic esters (lactones) is 1. The zero-order chi connectivity index (χ0) is 59.3. The summed E-state index contributed by atoms with van der Waals surface area (Å²) in [7, 11) is -3.54. The lowest BCUT2D eigenvalue weighted by Crippen LogP contribution is -2.56. The predicted octanol–water partition coefficient (Wildman–Crippen LogP) is 4.38. The highest BCUT2D eigenvalue weighted by Crippen LogP contribution is 2.41. The van der Waals surface area contributed by atoms with Gasteiger partial charge in [0.1, 0.15) is 36.9 Å². The number of nitrogens with zero attached hydrogens (tertiary/aromatic N) is 8. The first-order chi connectivity index (χ1) is 39.2. The Morgan fingerprint density at radius 3 is 2.38 bits per heavy atom. The summed E-state index contributed by atoms with van der Waals surface area (Å²) < 4.78 is 52.5. The van der Waals surface area contributed by atoms with Crippen molar-refractivity contribution in [1.29, 1.82) is 0 Å². The molecule has 4 aromatic heterocycles. The molecular weight excluding hydrogens is 1080 g/mol. The monoisotopic (exact) mass is 1150 g/mol. The van der Waals surface area contributed by atoms with Crippen molar-refractivity contribution in [3.63, 3.8) is 0 Å². The molecule has 0 aliphatic carbocycles. The third-order valence-corrected chi connectivity index (χ3v) is 15.5. The minimum atomic E-state index is -3.54. The number of ether oxygens (including phenoxy) is 2. The number of sulfone groups is 1. The molecule has 0 radical (unpaired) electrons. The zero-order valence-corrected chi connectivity index (χ0v) is 48.5. The minimum Gasteiger partial charge on any atom is -0.458 e. The molecule has 0 fully saturated rings. The molecule has 5 N–H and O–H groups in total. The SMILES string of the molecule is CCCN(CCC)CCCC[C@H](NC(=O)[C@@H](NC(=O)CCCCCn1cc(-c2cnc(S(C)(=O)=O)nc2)nn1)C(C)C)C(=O)NCC(=O)NCOC/C=C/c1c2c(nc3cc(F)c(C)cc13)-c1cc3c(c(=O)n1C2)COC(=O)[C@]3(O)CC. The van der Waals surface area contributed by atoms with Crippen LogP contribution in [0, 0.1) is 18.7 Å². The van der Waals surface area contributed by atoms with Gasteiger partial charge in [0.05, 0.1) is 48.4 Å². The van der Waals surface area contributed by atoms with Crippen molar-refractivity contribution < 1.29 is 51.4 Å². The predicted molar refractivity (Wildman–Crippen MR) is 302 cm³/mol. The highest BCUT2D eigenvalue weighted by atomic mass is 32.2. The van der Waals surface area contributed by atoms with E-state index in [-0.39, 0.29) is 67.4 Å². The van der Waals surface area contributed by atoms with Crippen LogP contribution in [-0.2, 0) is 68.6 Å². The fourth-order valence-electron chi connectivity index (χ4n) is 10.1. The van der Waals surface area contributed by atoms with Crippen molar-refractivity contribution in [3.8, 4) is 22.6 Å². The maximum absolute atomic E-state index is 15.0. The van der Waals surface area contributed by atoms with Crippen LogP contribution < -0.4 is 26.8 Å². The third kappa shape index (κ3) is 15.2. The molecule has 0 unspecified atom stereocenters. The summed E-state index contributed by atoms with van der Waals surface area (Å²) in [5.74, 6) is -3.57. The molecule has 0 saturated carbocycles. The van der Waals surface area contributed by atoms with Crippen molar-refractivity contribution >= 4 is 56.4 Å². The summed E-state index contributed by atoms with van der Waals surface area (Å²) in [4.78, 5) is 95.5. The summed E-state index contributed by atoms with van der Waals surface area (Å²) in [6.45, 7) is 13.6. The van der Waals surface area contributed by atoms with Crippen LogP contribution in [0.5, 0.6) is 0 Å². The number of fused-ring (bicyclic) bond motifs is 5. The summed E-state index contributed by atoms with van der Waals surface area (Å²) in [6.07, 6.45) is 14.7. The highest BCUT2D eigenvalue weighted by molar-refractivity contribution is 7.90. The maximum Gasteiger partial charge on any atom is 0.343 e. The molecule has 1 aromatic carbocycles. The lowest BCUT2D eigenvalue weighted by atomic mass is 9.86. The number of aromatic nitrogens is 7. The van der Waals surface area contributed by atoms with E-state index < -0.39 is 69.1 Å². The number of benzene rings is 1. The first-order valence-corrected chi connectivity index (χ1v) is 29.9. The van der Waals surface area contributed by atoms with Crippen molar-refractivity contribution in [1.82, 2.24) is 60.7 Å². The Balaban J connectivity index is 0.911. The standard InChI is InChI=1S/C57H75FN12O11S/c1-8-20-68(21-9-2)22-15-13-18-44(64-53(74)50(35(4)5)65-48(71)19-12-11-14-23-69-32-46(66-67-69)37-28-60-56(61-29-37)82(7,78)79)52(73)59-30-49(72)62-34-80-24-16-17-38-39-25-36(6)43(58)27-45(39)63-51-40(38)31-70-47(51)26-42-41(54(70)75)33-81-55(76)57(42,77)10-3/h16-17,25-29,32,35,44,50,77H,8-15,18-24,30-31,33-34H2,1-7H3,(H,59,73)(H,62,72)(H,64,74)(H,65,71)/b17-16+/t44-,50-,57-/m0/s1. The molecule has 0 bridgehead atoms. The number of carbonyl (C=O) groups excluding carboxylic acids is 5. The zero-order valence-electron chi connectivity index (χ0n) is 47.7. The van der Waals surface area contributed by atoms with Crippen LogP contribution in [0.4, 0.5) is 4.39 Å². The van der Waals surface area contributed by atoms with Crippen LogP contribution in [0.1, 0.15) is 127 Å². The number of rotatable bonds is 30. The van der Waals surface area contributed by atoms with Crippen molar-refractivity contribution in [2.24, 2.45) is 5.92 Å². The normalized spacial score (nSPS) is 15.5. The van der Waals surface area contributed by atoms with E-state index in [0.717, 1.165) is 45.2 Å². The number of halogens is 1. The number of esters is 1. The summed E-state index contributed by atoms with van der Waals surface area (Å²) in [5, 5.41) is 30.9. The molecule has 2 aliphatic heterocycles. The Morgan fingerprint density at radius 1 is 0.939 bits per heavy atom. The molecule has 7 rings (SSSR count). The maximum atomic E-state index is 15.0. The number of carbonyl (C=O) groups is 5. The van der Waals surface area contributed by atoms with Gasteiger partial charge < -0.3 is 45.3 Å². The van der Waals surface area contributed by atoms with Gasteiger partial charge in [0.15, 0.2) is 5.60 Å². The second-order valence-electron chi connectivity index (χ2n) is 21.2. The van der Waals surface area contributed by atoms with Crippen molar-refractivity contribution in [2.45, 2.75) is 148 Å². The smallest absolute Gasteiger partial charge is 0.343 e. The topological polar surface area (TPSA) is 301 Å². The first-order valence-electron chi connectivity index (χ1n) is 28.0. The van der Waals surface area contributed by atoms with Crippen LogP contribution >= 0.6 is 0 Å². The number of unbranched alkanes of at least 4 members (excludes halogenated alkanes) is 3. The summed E-state index contributed by atoms with van der Waals surface area (Å²) in [5.41, 5.74) is 1.68. The van der Waals surface area contributed by atoms with Gasteiger partial charge in [-0.1, -0.05) is 58.4 Å². The average Bonchev–Trinajstić information content (AvgIpc) is 2.12. The molecule has 3 atom stereocenters. The second kappa shape index (κ2) is 28.1. The van der Waals surface area contributed by atoms with E-state index in [1.165, 1.54) is 23.0 Å². The largest absolute Gasteiger partial charge is 0.458 e. The fourth-order valence-corrected chi connectivity index (χ4v) is 10.6. The molecule has 0 spiro atoms. The van der Waals surface area contributed by atoms with E-state index in [9.17, 15) is 46.7 Å². The van der Waals surface area contributed by atoms with E-state index in [0.29, 0.717) is 88.9 Å². The van der Waals surface area contributed by atoms with Crippen LogP contribution in [0.3, 0.4) is 0 Å². The Labute approximate surface area is 476 Å². The molecule has 5 aromatic rings. The van der Waals surface area contributed by atoms with Gasteiger partial charge in [-0.2, -0.15) is 0 Å². The van der Waals surface area contributed by atoms with Gasteiger partial charge in [-0.05, 0) is 107 Å². The highest BCUT2D eigenvalue weighted by Gasteiger charge is 2.45. The summed E-state index contributed by atoms with van der Waals surface area (Å²) >= 11 is 0. The van der Waals surface area contributed by atoms with Crippen molar-refractivity contribution in [2.75, 3.05) is 45.8 Å². The number of pyridine rings is 2. The lowest BCUT2D eigenvalue weighted by molar-refractivity contribution is -0.172. The van der Waals surface area contributed by atoms with Crippen molar-refractivity contribution in [3.05, 3.63) is 86.9 Å². The molecular formula is C57H75FN12O11S. The Hall–Kier alpha value is -7.35. The van der Waals surface area contributed by atoms with Gasteiger partial charge in [0, 0.05) is 59.8 Å². The van der Waals surface area contributed by atoms with Gasteiger partial charge in [0.25, 0.3) is 5.56 Å². The van der Waals surface area contributed by atoms with Gasteiger partial charge in [0.2, 0.25) is 38.6 Å². The number of aryl methyl sites for hydroxylation is 2. The molecule has 25 heteroatoms. The van der Waals surface area contributed by atoms with E-state index in [1.54, 1.807) is 62.9 Å². The van der Waals surface area contributed by atoms with E-state index >= 15 is 0 Å². The number of nitrogens with one attached hydrogen (secondary N) is 4. The van der Waals surface area contributed by atoms with Gasteiger partial charge >= 0.3 is 5.97 Å². The molecule has 2 aliphatic rings. The summed E-state index contributed by atoms with van der Waals surface area (Å²) in [6, 6.07) is 2.65. The quantitative estimate of drug-likeness (QED) is 0.0181. The van der Waals surface area contributed by atoms with Gasteiger partial charge in [-0.25, -0.2) is 32.6 Å². The van der Waals surface area contributed by atoms with Gasteiger partial charge in [-0.3, -0.25) is 28.7 Å². The van der Waals surface area contributed by atoms with Crippen LogP contribution in [0.2, 0.25) is 0 Å². The van der Waals surface area contributed by atoms with E-state index in [1.807, 2.05) is 0 Å². The number of hydrogen-bond acceptors (Lipinski definition) is 17. The minimum absolute atomic E-state index is 0.0166. The fraction of sp³-hybridized carbons (Fsp3) is 0.526. The molecule has 442 valence electrons. The Morgan fingerprint density at radius 2 is 1.68 bits per heavy atom. The van der Waals surface area contributed by atoms with Gasteiger partial charge in [-0.15, -0.1) is 5.10 Å². The number of aliphatic hydroxyl groups is 1. The van der Waals surface area contributed by atoms with E-state index in [2.05, 4.69) is 60.3 Å². The molecule has 23 nitrogen and oxygen atoms in total. The number of amides is 4. The van der Waals surface area contributed by atoms with E-state index in [4.69, 9.17) is 14.5 Å². The Kier molecular flexibility index (Phi) is 21.3. The van der Waals surface area contributed by atoms with Crippen LogP contribution in [-0.4, -0.2) is 140 Å². The molecule has 0 saturated heterocycles. The lowest BCUT2D eigenvalue weighted by Gasteiger charge is -2.31. The third-order valence-electron chi connectivity index (χ3n) is 14.6. The Bertz CT molecular complexity index is 3340. The molecule has 6 heterocycles. The van der Waals surface area contributed by atoms with Crippen LogP contribution in [0.15, 0.2) is 52.8 Å². The number of hydrogen-bond donors (Lipinski definition) is 5. The van der Waals surface area contributed by atoms with Crippen LogP contribution in [0.25, 0.3) is 39.6 Å². The average molecular weight is 1160 g/mol. The first kappa shape index (κ1) is 62.3. The second-order valence-corrected chi connectivity index (χ2v) is 23.1. The molecule has 4 amide bonds. The molecule has 82 heavy (non-hydrogen) atoms.